The van der Waals surface area contributed by atoms with Crippen molar-refractivity contribution in [3.63, 3.8) is 0 Å². The average molecular weight is 298 g/mol. The minimum Gasteiger partial charge on any atom is -0.496 e. The number of benzene rings is 2. The summed E-state index contributed by atoms with van der Waals surface area (Å²) in [5, 5.41) is 0. The molecule has 0 saturated carbocycles. The molecular formula is C18H18O4. The second kappa shape index (κ2) is 7.98. The predicted molar refractivity (Wildman–Crippen MR) is 83.0 cm³/mol. The third-order valence-electron chi connectivity index (χ3n) is 3.23. The molecule has 0 aliphatic heterocycles. The van der Waals surface area contributed by atoms with Gasteiger partial charge in [0.2, 0.25) is 5.78 Å². The highest BCUT2D eigenvalue weighted by molar-refractivity contribution is 6.00. The molecule has 0 spiro atoms. The molecule has 0 fully saturated rings. The molecule has 0 saturated heterocycles. The Bertz CT molecular complexity index is 635. The number of esters is 1. The van der Waals surface area contributed by atoms with Gasteiger partial charge in [-0.3, -0.25) is 9.59 Å². The molecule has 0 radical (unpaired) electrons. The molecule has 0 aliphatic carbocycles. The summed E-state index contributed by atoms with van der Waals surface area (Å²) in [6.07, 6.45) is 0.853. The Balaban J connectivity index is 1.82. The molecule has 0 amide bonds. The maximum absolute atomic E-state index is 12.0. The zero-order valence-corrected chi connectivity index (χ0v) is 12.5. The van der Waals surface area contributed by atoms with Gasteiger partial charge in [-0.1, -0.05) is 42.5 Å². The zero-order valence-electron chi connectivity index (χ0n) is 12.5. The van der Waals surface area contributed by atoms with Gasteiger partial charge < -0.3 is 9.47 Å². The molecule has 2 aromatic carbocycles. The molecule has 114 valence electrons. The van der Waals surface area contributed by atoms with Crippen molar-refractivity contribution in [3.8, 4) is 5.75 Å². The van der Waals surface area contributed by atoms with Crippen molar-refractivity contribution in [1.82, 2.24) is 0 Å². The maximum atomic E-state index is 12.0. The van der Waals surface area contributed by atoms with Gasteiger partial charge in [0, 0.05) is 6.42 Å². The number of methoxy groups -OCH3 is 1. The molecular weight excluding hydrogens is 280 g/mol. The third kappa shape index (κ3) is 4.45. The maximum Gasteiger partial charge on any atom is 0.306 e. The van der Waals surface area contributed by atoms with Crippen molar-refractivity contribution in [3.05, 3.63) is 65.7 Å². The highest BCUT2D eigenvalue weighted by Crippen LogP contribution is 2.17. The smallest absolute Gasteiger partial charge is 0.306 e. The van der Waals surface area contributed by atoms with Crippen LogP contribution in [-0.2, 0) is 16.0 Å². The number of para-hydroxylation sites is 1. The van der Waals surface area contributed by atoms with E-state index in [1.54, 1.807) is 24.3 Å². The summed E-state index contributed by atoms with van der Waals surface area (Å²) in [7, 11) is 1.50. The van der Waals surface area contributed by atoms with Crippen LogP contribution in [-0.4, -0.2) is 25.5 Å². The van der Waals surface area contributed by atoms with Crippen molar-refractivity contribution in [2.45, 2.75) is 12.8 Å². The van der Waals surface area contributed by atoms with Crippen LogP contribution in [0, 0.1) is 0 Å². The number of hydrogen-bond acceptors (Lipinski definition) is 4. The topological polar surface area (TPSA) is 52.6 Å². The number of hydrogen-bond donors (Lipinski definition) is 0. The number of aryl methyl sites for hydroxylation is 1. The van der Waals surface area contributed by atoms with Crippen LogP contribution in [0.1, 0.15) is 22.3 Å². The van der Waals surface area contributed by atoms with E-state index < -0.39 is 0 Å². The minimum absolute atomic E-state index is 0.253. The van der Waals surface area contributed by atoms with Crippen molar-refractivity contribution in [2.24, 2.45) is 0 Å². The molecule has 0 aromatic heterocycles. The lowest BCUT2D eigenvalue weighted by molar-refractivity contribution is -0.142. The quantitative estimate of drug-likeness (QED) is 0.582. The largest absolute Gasteiger partial charge is 0.496 e. The van der Waals surface area contributed by atoms with E-state index in [4.69, 9.17) is 9.47 Å². The van der Waals surface area contributed by atoms with Crippen LogP contribution in [0.5, 0.6) is 5.75 Å². The number of rotatable bonds is 7. The van der Waals surface area contributed by atoms with Crippen LogP contribution in [0.25, 0.3) is 0 Å². The zero-order chi connectivity index (χ0) is 15.8. The lowest BCUT2D eigenvalue weighted by Gasteiger charge is -2.08. The Morgan fingerprint density at radius 1 is 0.955 bits per heavy atom. The van der Waals surface area contributed by atoms with Gasteiger partial charge in [0.15, 0.2) is 6.61 Å². The molecule has 0 aliphatic rings. The van der Waals surface area contributed by atoms with Crippen molar-refractivity contribution in [2.75, 3.05) is 13.7 Å². The summed E-state index contributed by atoms with van der Waals surface area (Å²) in [5.74, 6) is -0.176. The van der Waals surface area contributed by atoms with E-state index >= 15 is 0 Å². The lowest BCUT2D eigenvalue weighted by atomic mass is 10.1. The second-order valence-corrected chi connectivity index (χ2v) is 4.77. The van der Waals surface area contributed by atoms with Gasteiger partial charge in [-0.2, -0.15) is 0 Å². The van der Waals surface area contributed by atoms with E-state index in [1.165, 1.54) is 7.11 Å². The van der Waals surface area contributed by atoms with Crippen molar-refractivity contribution in [1.29, 1.82) is 0 Å². The van der Waals surface area contributed by atoms with Crippen molar-refractivity contribution >= 4 is 11.8 Å². The van der Waals surface area contributed by atoms with E-state index in [-0.39, 0.29) is 24.8 Å². The van der Waals surface area contributed by atoms with Gasteiger partial charge in [0.1, 0.15) is 5.75 Å². The molecule has 0 bridgehead atoms. The fourth-order valence-corrected chi connectivity index (χ4v) is 2.06. The fourth-order valence-electron chi connectivity index (χ4n) is 2.06. The van der Waals surface area contributed by atoms with Gasteiger partial charge in [-0.25, -0.2) is 0 Å². The average Bonchev–Trinajstić information content (AvgIpc) is 2.58. The Kier molecular flexibility index (Phi) is 5.72. The van der Waals surface area contributed by atoms with Gasteiger partial charge >= 0.3 is 5.97 Å². The fraction of sp³-hybridized carbons (Fsp3) is 0.222. The molecule has 0 atom stereocenters. The SMILES string of the molecule is COc1ccccc1C(=O)COC(=O)CCc1ccccc1. The number of carbonyl (C=O) groups is 2. The summed E-state index contributed by atoms with van der Waals surface area (Å²) in [6, 6.07) is 16.5. The van der Waals surface area contributed by atoms with Gasteiger partial charge in [-0.05, 0) is 24.1 Å². The standard InChI is InChI=1S/C18H18O4/c1-21-17-10-6-5-9-15(17)16(19)13-22-18(20)12-11-14-7-3-2-4-8-14/h2-10H,11-13H2,1H3. The molecule has 0 heterocycles. The second-order valence-electron chi connectivity index (χ2n) is 4.77. The van der Waals surface area contributed by atoms with Crippen LogP contribution in [0.3, 0.4) is 0 Å². The molecule has 0 unspecified atom stereocenters. The molecule has 4 heteroatoms. The van der Waals surface area contributed by atoms with E-state index in [2.05, 4.69) is 0 Å². The monoisotopic (exact) mass is 298 g/mol. The normalized spacial score (nSPS) is 10.0. The summed E-state index contributed by atoms with van der Waals surface area (Å²) < 4.78 is 10.2. The highest BCUT2D eigenvalue weighted by Gasteiger charge is 2.14. The van der Waals surface area contributed by atoms with Crippen LogP contribution in [0.15, 0.2) is 54.6 Å². The first-order chi connectivity index (χ1) is 10.7. The minimum atomic E-state index is -0.382. The summed E-state index contributed by atoms with van der Waals surface area (Å²) in [5.41, 5.74) is 1.48. The predicted octanol–water partition coefficient (Wildman–Crippen LogP) is 3.05. The first kappa shape index (κ1) is 15.8. The van der Waals surface area contributed by atoms with Gasteiger partial charge in [0.05, 0.1) is 12.7 Å². The molecule has 2 aromatic rings. The van der Waals surface area contributed by atoms with E-state index in [9.17, 15) is 9.59 Å². The van der Waals surface area contributed by atoms with Crippen LogP contribution < -0.4 is 4.74 Å². The first-order valence-electron chi connectivity index (χ1n) is 7.06. The lowest BCUT2D eigenvalue weighted by Crippen LogP contribution is -2.15. The third-order valence-corrected chi connectivity index (χ3v) is 3.23. The Morgan fingerprint density at radius 2 is 1.64 bits per heavy atom. The van der Waals surface area contributed by atoms with Gasteiger partial charge in [0.25, 0.3) is 0 Å². The number of ether oxygens (including phenoxy) is 2. The first-order valence-corrected chi connectivity index (χ1v) is 7.06. The molecule has 22 heavy (non-hydrogen) atoms. The highest BCUT2D eigenvalue weighted by atomic mass is 16.5. The van der Waals surface area contributed by atoms with E-state index in [0.29, 0.717) is 17.7 Å². The Morgan fingerprint density at radius 3 is 2.36 bits per heavy atom. The molecule has 0 N–H and O–H groups in total. The molecule has 2 rings (SSSR count). The summed E-state index contributed by atoms with van der Waals surface area (Å²) in [6.45, 7) is -0.270. The Labute approximate surface area is 129 Å². The van der Waals surface area contributed by atoms with E-state index in [0.717, 1.165) is 5.56 Å². The van der Waals surface area contributed by atoms with Crippen LogP contribution >= 0.6 is 0 Å². The molecule has 4 nitrogen and oxygen atoms in total. The number of Topliss-reactive ketones (excluding diaryl/α,β-unsaturated/α-hetero) is 1. The summed E-state index contributed by atoms with van der Waals surface area (Å²) in [4.78, 5) is 23.7. The van der Waals surface area contributed by atoms with Gasteiger partial charge in [-0.15, -0.1) is 0 Å². The van der Waals surface area contributed by atoms with Crippen molar-refractivity contribution < 1.29 is 19.1 Å². The van der Waals surface area contributed by atoms with E-state index in [1.807, 2.05) is 30.3 Å². The number of ketones is 1. The summed E-state index contributed by atoms with van der Waals surface area (Å²) >= 11 is 0. The Hall–Kier alpha value is -2.62. The van der Waals surface area contributed by atoms with Crippen LogP contribution in [0.4, 0.5) is 0 Å². The number of carbonyl (C=O) groups excluding carboxylic acids is 2. The van der Waals surface area contributed by atoms with Crippen LogP contribution in [0.2, 0.25) is 0 Å².